The molecule has 152 valence electrons. The second-order valence-corrected chi connectivity index (χ2v) is 7.04. The maximum Gasteiger partial charge on any atom is 0.203 e. The molecule has 0 aromatic heterocycles. The number of benzene rings is 3. The molecule has 4 rings (SSSR count). The highest BCUT2D eigenvalue weighted by atomic mass is 16.5. The van der Waals surface area contributed by atoms with Crippen molar-refractivity contribution < 1.29 is 14.6 Å². The molecule has 5 heteroatoms. The molecule has 0 bridgehead atoms. The van der Waals surface area contributed by atoms with Gasteiger partial charge in [-0.25, -0.2) is 0 Å². The molecule has 2 N–H and O–H groups in total. The Kier molecular flexibility index (Phi) is 5.70. The minimum Gasteiger partial charge on any atom is -0.504 e. The van der Waals surface area contributed by atoms with Crippen molar-refractivity contribution in [3.63, 3.8) is 0 Å². The molecule has 0 unspecified atom stereocenters. The summed E-state index contributed by atoms with van der Waals surface area (Å²) in [5.74, 6) is 0.895. The summed E-state index contributed by atoms with van der Waals surface area (Å²) in [6, 6.07) is 20.3. The summed E-state index contributed by atoms with van der Waals surface area (Å²) in [6.45, 7) is 1.16. The van der Waals surface area contributed by atoms with E-state index in [1.54, 1.807) is 13.2 Å². The van der Waals surface area contributed by atoms with Crippen LogP contribution in [0, 0.1) is 0 Å². The predicted molar refractivity (Wildman–Crippen MR) is 120 cm³/mol. The SMILES string of the molecule is COc1cc(CNC=C2CN=Cc3ccc(-c4ccccc4)cc32)cc(O)c1OC. The number of phenols is 1. The number of nitrogens with one attached hydrogen (secondary N) is 1. The lowest BCUT2D eigenvalue weighted by atomic mass is 9.94. The normalized spacial score (nSPS) is 13.7. The summed E-state index contributed by atoms with van der Waals surface area (Å²) in [5.41, 5.74) is 6.66. The number of nitrogens with zero attached hydrogens (tertiary/aromatic N) is 1. The van der Waals surface area contributed by atoms with Crippen molar-refractivity contribution in [2.45, 2.75) is 6.54 Å². The first kappa shape index (κ1) is 19.6. The maximum absolute atomic E-state index is 10.2. The van der Waals surface area contributed by atoms with Crippen LogP contribution in [0.2, 0.25) is 0 Å². The number of methoxy groups -OCH3 is 2. The standard InChI is InChI=1S/C25H24N2O3/c1-29-24-11-17(10-23(28)25(24)30-2)13-26-15-21-16-27-14-20-9-8-19(12-22(20)21)18-6-4-3-5-7-18/h3-12,14-15,26,28H,13,16H2,1-2H3. The van der Waals surface area contributed by atoms with Crippen molar-refractivity contribution in [2.24, 2.45) is 4.99 Å². The van der Waals surface area contributed by atoms with Gasteiger partial charge in [0.2, 0.25) is 5.75 Å². The number of aliphatic imine (C=N–C) groups is 1. The lowest BCUT2D eigenvalue weighted by molar-refractivity contribution is 0.332. The quantitative estimate of drug-likeness (QED) is 0.633. The van der Waals surface area contributed by atoms with Crippen molar-refractivity contribution in [1.82, 2.24) is 5.32 Å². The van der Waals surface area contributed by atoms with Gasteiger partial charge in [-0.15, -0.1) is 0 Å². The van der Waals surface area contributed by atoms with Gasteiger partial charge in [-0.3, -0.25) is 4.99 Å². The van der Waals surface area contributed by atoms with Crippen molar-refractivity contribution in [3.8, 4) is 28.4 Å². The molecule has 1 heterocycles. The van der Waals surface area contributed by atoms with E-state index >= 15 is 0 Å². The van der Waals surface area contributed by atoms with E-state index in [4.69, 9.17) is 9.47 Å². The third kappa shape index (κ3) is 4.01. The van der Waals surface area contributed by atoms with Gasteiger partial charge in [0.25, 0.3) is 0 Å². The second-order valence-electron chi connectivity index (χ2n) is 7.04. The molecule has 0 amide bonds. The molecule has 0 spiro atoms. The van der Waals surface area contributed by atoms with E-state index in [0.717, 1.165) is 16.7 Å². The highest BCUT2D eigenvalue weighted by Crippen LogP contribution is 2.37. The first-order chi connectivity index (χ1) is 14.7. The van der Waals surface area contributed by atoms with E-state index in [-0.39, 0.29) is 5.75 Å². The van der Waals surface area contributed by atoms with Crippen molar-refractivity contribution >= 4 is 11.8 Å². The van der Waals surface area contributed by atoms with Crippen LogP contribution in [0.4, 0.5) is 0 Å². The van der Waals surface area contributed by atoms with Crippen LogP contribution in [-0.4, -0.2) is 32.1 Å². The Hall–Kier alpha value is -3.73. The van der Waals surface area contributed by atoms with Crippen molar-refractivity contribution in [3.05, 3.63) is 83.6 Å². The van der Waals surface area contributed by atoms with E-state index in [2.05, 4.69) is 40.6 Å². The predicted octanol–water partition coefficient (Wildman–Crippen LogP) is 4.64. The summed E-state index contributed by atoms with van der Waals surface area (Å²) < 4.78 is 10.5. The summed E-state index contributed by atoms with van der Waals surface area (Å²) in [6.07, 6.45) is 3.92. The first-order valence-corrected chi connectivity index (χ1v) is 9.75. The monoisotopic (exact) mass is 400 g/mol. The van der Waals surface area contributed by atoms with Gasteiger partial charge in [0.1, 0.15) is 0 Å². The lowest BCUT2D eigenvalue weighted by Gasteiger charge is -2.16. The van der Waals surface area contributed by atoms with Crippen molar-refractivity contribution in [2.75, 3.05) is 20.8 Å². The fourth-order valence-electron chi connectivity index (χ4n) is 3.60. The zero-order chi connectivity index (χ0) is 20.9. The third-order valence-electron chi connectivity index (χ3n) is 5.10. The van der Waals surface area contributed by atoms with Crippen LogP contribution >= 0.6 is 0 Å². The second kappa shape index (κ2) is 8.74. The van der Waals surface area contributed by atoms with E-state index in [0.29, 0.717) is 24.6 Å². The molecule has 0 radical (unpaired) electrons. The van der Waals surface area contributed by atoms with Crippen LogP contribution in [0.5, 0.6) is 17.2 Å². The van der Waals surface area contributed by atoms with Gasteiger partial charge in [0, 0.05) is 19.0 Å². The minimum atomic E-state index is 0.0569. The van der Waals surface area contributed by atoms with Crippen molar-refractivity contribution in [1.29, 1.82) is 0 Å². The van der Waals surface area contributed by atoms with Crippen LogP contribution < -0.4 is 14.8 Å². The Morgan fingerprint density at radius 3 is 2.60 bits per heavy atom. The summed E-state index contributed by atoms with van der Waals surface area (Å²) in [5, 5.41) is 13.5. The molecule has 30 heavy (non-hydrogen) atoms. The average Bonchev–Trinajstić information content (AvgIpc) is 2.79. The average molecular weight is 400 g/mol. The Balaban J connectivity index is 1.56. The van der Waals surface area contributed by atoms with Gasteiger partial charge in [-0.1, -0.05) is 42.5 Å². The third-order valence-corrected chi connectivity index (χ3v) is 5.10. The number of aromatic hydroxyl groups is 1. The number of fused-ring (bicyclic) bond motifs is 1. The van der Waals surface area contributed by atoms with E-state index in [1.807, 2.05) is 36.7 Å². The molecular weight excluding hydrogens is 376 g/mol. The topological polar surface area (TPSA) is 63.1 Å². The summed E-state index contributed by atoms with van der Waals surface area (Å²) in [7, 11) is 3.06. The Bertz CT molecular complexity index is 1100. The molecule has 3 aromatic rings. The van der Waals surface area contributed by atoms with Crippen LogP contribution in [0.25, 0.3) is 16.7 Å². The molecule has 3 aromatic carbocycles. The van der Waals surface area contributed by atoms with Gasteiger partial charge in [-0.05, 0) is 51.6 Å². The highest BCUT2D eigenvalue weighted by Gasteiger charge is 2.13. The van der Waals surface area contributed by atoms with Gasteiger partial charge >= 0.3 is 0 Å². The smallest absolute Gasteiger partial charge is 0.203 e. The molecule has 0 atom stereocenters. The van der Waals surface area contributed by atoms with Crippen LogP contribution in [-0.2, 0) is 6.54 Å². The number of phenolic OH excluding ortho intramolecular Hbond substituents is 1. The van der Waals surface area contributed by atoms with Gasteiger partial charge < -0.3 is 19.9 Å². The Labute approximate surface area is 176 Å². The minimum absolute atomic E-state index is 0.0569. The van der Waals surface area contributed by atoms with Gasteiger partial charge in [0.15, 0.2) is 11.5 Å². The Morgan fingerprint density at radius 1 is 1.00 bits per heavy atom. The zero-order valence-corrected chi connectivity index (χ0v) is 17.1. The molecular formula is C25H24N2O3. The van der Waals surface area contributed by atoms with Crippen LogP contribution in [0.1, 0.15) is 16.7 Å². The van der Waals surface area contributed by atoms with Gasteiger partial charge in [0.05, 0.1) is 20.8 Å². The summed E-state index contributed by atoms with van der Waals surface area (Å²) >= 11 is 0. The lowest BCUT2D eigenvalue weighted by Crippen LogP contribution is -2.10. The highest BCUT2D eigenvalue weighted by molar-refractivity contribution is 5.93. The van der Waals surface area contributed by atoms with E-state index in [1.165, 1.54) is 23.8 Å². The number of rotatable bonds is 6. The molecule has 0 saturated carbocycles. The fraction of sp³-hybridized carbons (Fsp3) is 0.160. The Morgan fingerprint density at radius 2 is 1.83 bits per heavy atom. The molecule has 1 aliphatic rings. The zero-order valence-electron chi connectivity index (χ0n) is 17.1. The van der Waals surface area contributed by atoms with Gasteiger partial charge in [-0.2, -0.15) is 0 Å². The largest absolute Gasteiger partial charge is 0.504 e. The molecule has 0 fully saturated rings. The maximum atomic E-state index is 10.2. The van der Waals surface area contributed by atoms with E-state index < -0.39 is 0 Å². The number of hydrogen-bond donors (Lipinski definition) is 2. The first-order valence-electron chi connectivity index (χ1n) is 9.75. The van der Waals surface area contributed by atoms with E-state index in [9.17, 15) is 5.11 Å². The molecule has 0 aliphatic carbocycles. The van der Waals surface area contributed by atoms with Crippen LogP contribution in [0.3, 0.4) is 0 Å². The number of hydrogen-bond acceptors (Lipinski definition) is 5. The van der Waals surface area contributed by atoms with Crippen LogP contribution in [0.15, 0.2) is 71.9 Å². The fourth-order valence-corrected chi connectivity index (χ4v) is 3.60. The number of ether oxygens (including phenoxy) is 2. The molecule has 0 saturated heterocycles. The molecule has 1 aliphatic heterocycles. The molecule has 5 nitrogen and oxygen atoms in total. The summed E-state index contributed by atoms with van der Waals surface area (Å²) in [4.78, 5) is 4.48.